The van der Waals surface area contributed by atoms with Crippen LogP contribution in [-0.2, 0) is 0 Å². The molecule has 0 unspecified atom stereocenters. The molecule has 2 aromatic carbocycles. The Morgan fingerprint density at radius 3 is 2.69 bits per heavy atom. The first-order valence-corrected chi connectivity index (χ1v) is 10.5. The van der Waals surface area contributed by atoms with Crippen LogP contribution in [0.1, 0.15) is 30.6 Å². The fraction of sp³-hybridized carbons (Fsp3) is 0.273. The highest BCUT2D eigenvalue weighted by Crippen LogP contribution is 2.25. The molecule has 1 amide bonds. The lowest BCUT2D eigenvalue weighted by Crippen LogP contribution is -2.34. The van der Waals surface area contributed by atoms with E-state index in [0.717, 1.165) is 10.9 Å². The maximum absolute atomic E-state index is 12.8. The van der Waals surface area contributed by atoms with Crippen LogP contribution in [0.15, 0.2) is 59.6 Å². The van der Waals surface area contributed by atoms with E-state index in [1.807, 2.05) is 30.3 Å². The van der Waals surface area contributed by atoms with Gasteiger partial charge in [0.05, 0.1) is 17.9 Å². The summed E-state index contributed by atoms with van der Waals surface area (Å²) in [5.41, 5.74) is 1.06. The van der Waals surface area contributed by atoms with Crippen LogP contribution in [0.25, 0.3) is 0 Å². The normalized spacial score (nSPS) is 10.3. The van der Waals surface area contributed by atoms with Gasteiger partial charge in [0.25, 0.3) is 5.91 Å². The molecule has 5 nitrogen and oxygen atoms in total. The van der Waals surface area contributed by atoms with Crippen molar-refractivity contribution >= 4 is 44.9 Å². The number of halogens is 1. The molecule has 0 aliphatic rings. The molecule has 0 saturated heterocycles. The molecule has 7 heteroatoms. The molecule has 0 aliphatic carbocycles. The number of nitrogens with one attached hydrogen (secondary N) is 2. The van der Waals surface area contributed by atoms with Crippen molar-refractivity contribution in [1.29, 1.82) is 0 Å². The third kappa shape index (κ3) is 7.51. The molecule has 0 aliphatic heterocycles. The second-order valence-corrected chi connectivity index (χ2v) is 8.00. The molecule has 2 aromatic rings. The Kier molecular flexibility index (Phi) is 9.15. The average molecular weight is 477 g/mol. The molecular weight excluding hydrogens is 452 g/mol. The predicted molar refractivity (Wildman–Crippen MR) is 125 cm³/mol. The monoisotopic (exact) mass is 476 g/mol. The van der Waals surface area contributed by atoms with E-state index in [-0.39, 0.29) is 11.0 Å². The number of thiocarbonyl (C=S) groups is 1. The third-order valence-electron chi connectivity index (χ3n) is 3.86. The number of rotatable bonds is 9. The molecule has 0 atom stereocenters. The van der Waals surface area contributed by atoms with Crippen LogP contribution in [0.5, 0.6) is 11.5 Å². The fourth-order valence-corrected chi connectivity index (χ4v) is 2.94. The number of hydrogen-bond acceptors (Lipinski definition) is 4. The second-order valence-electron chi connectivity index (χ2n) is 6.68. The van der Waals surface area contributed by atoms with E-state index in [9.17, 15) is 4.79 Å². The van der Waals surface area contributed by atoms with Gasteiger partial charge in [0, 0.05) is 4.47 Å². The first kappa shape index (κ1) is 22.9. The van der Waals surface area contributed by atoms with Crippen molar-refractivity contribution in [2.45, 2.75) is 20.3 Å². The molecule has 154 valence electrons. The van der Waals surface area contributed by atoms with Gasteiger partial charge in [-0.05, 0) is 54.9 Å². The Morgan fingerprint density at radius 2 is 1.97 bits per heavy atom. The third-order valence-corrected chi connectivity index (χ3v) is 4.56. The van der Waals surface area contributed by atoms with Gasteiger partial charge in [-0.3, -0.25) is 10.1 Å². The van der Waals surface area contributed by atoms with Crippen LogP contribution in [-0.4, -0.2) is 24.2 Å². The van der Waals surface area contributed by atoms with Gasteiger partial charge in [-0.25, -0.2) is 0 Å². The number of ether oxygens (including phenoxy) is 2. The van der Waals surface area contributed by atoms with Gasteiger partial charge in [0.1, 0.15) is 18.1 Å². The summed E-state index contributed by atoms with van der Waals surface area (Å²) < 4.78 is 12.2. The number of anilines is 1. The smallest absolute Gasteiger partial charge is 0.261 e. The Hall–Kier alpha value is -2.38. The van der Waals surface area contributed by atoms with Crippen LogP contribution < -0.4 is 20.1 Å². The van der Waals surface area contributed by atoms with Crippen molar-refractivity contribution in [2.75, 3.05) is 18.5 Å². The Balaban J connectivity index is 2.07. The van der Waals surface area contributed by atoms with Crippen LogP contribution in [0.3, 0.4) is 0 Å². The van der Waals surface area contributed by atoms with E-state index in [0.29, 0.717) is 41.9 Å². The molecule has 0 aromatic heterocycles. The van der Waals surface area contributed by atoms with E-state index in [2.05, 4.69) is 47.0 Å². The largest absolute Gasteiger partial charge is 0.493 e. The molecule has 0 radical (unpaired) electrons. The summed E-state index contributed by atoms with van der Waals surface area (Å²) in [6.07, 6.45) is 2.56. The van der Waals surface area contributed by atoms with Crippen molar-refractivity contribution in [1.82, 2.24) is 5.32 Å². The van der Waals surface area contributed by atoms with E-state index >= 15 is 0 Å². The van der Waals surface area contributed by atoms with Crippen molar-refractivity contribution < 1.29 is 14.3 Å². The molecule has 2 N–H and O–H groups in total. The van der Waals surface area contributed by atoms with Crippen LogP contribution in [0.2, 0.25) is 0 Å². The lowest BCUT2D eigenvalue weighted by atomic mass is 10.1. The minimum Gasteiger partial charge on any atom is -0.493 e. The SMILES string of the molecule is C=CCOc1ccccc1NC(=S)NC(=O)c1cc(Br)ccc1OCCC(C)C. The number of benzene rings is 2. The number of carbonyl (C=O) groups is 1. The average Bonchev–Trinajstić information content (AvgIpc) is 2.68. The molecule has 29 heavy (non-hydrogen) atoms. The van der Waals surface area contributed by atoms with E-state index in [1.165, 1.54) is 0 Å². The van der Waals surface area contributed by atoms with Gasteiger partial charge in [-0.2, -0.15) is 0 Å². The zero-order valence-electron chi connectivity index (χ0n) is 16.5. The minimum absolute atomic E-state index is 0.165. The van der Waals surface area contributed by atoms with Crippen molar-refractivity contribution in [3.63, 3.8) is 0 Å². The molecule has 2 rings (SSSR count). The molecule has 0 saturated carbocycles. The van der Waals surface area contributed by atoms with Gasteiger partial charge < -0.3 is 14.8 Å². The number of para-hydroxylation sites is 2. The topological polar surface area (TPSA) is 59.6 Å². The number of carbonyl (C=O) groups excluding carboxylic acids is 1. The van der Waals surface area contributed by atoms with Gasteiger partial charge in [-0.1, -0.05) is 54.6 Å². The summed E-state index contributed by atoms with van der Waals surface area (Å²) in [6, 6.07) is 12.7. The predicted octanol–water partition coefficient (Wildman–Crippen LogP) is 5.57. The summed E-state index contributed by atoms with van der Waals surface area (Å²) in [6.45, 7) is 8.80. The zero-order chi connectivity index (χ0) is 21.2. The highest BCUT2D eigenvalue weighted by atomic mass is 79.9. The maximum atomic E-state index is 12.8. The van der Waals surface area contributed by atoms with Crippen molar-refractivity contribution in [2.24, 2.45) is 5.92 Å². The first-order chi connectivity index (χ1) is 13.9. The molecule has 0 bridgehead atoms. The molecule has 0 spiro atoms. The van der Waals surface area contributed by atoms with E-state index in [1.54, 1.807) is 18.2 Å². The van der Waals surface area contributed by atoms with Gasteiger partial charge in [0.15, 0.2) is 5.11 Å². The van der Waals surface area contributed by atoms with Crippen molar-refractivity contribution in [3.05, 3.63) is 65.2 Å². The van der Waals surface area contributed by atoms with Crippen LogP contribution >= 0.6 is 28.1 Å². The highest BCUT2D eigenvalue weighted by Gasteiger charge is 2.16. The molecular formula is C22H25BrN2O3S. The number of hydrogen-bond donors (Lipinski definition) is 2. The summed E-state index contributed by atoms with van der Waals surface area (Å²) in [4.78, 5) is 12.8. The van der Waals surface area contributed by atoms with Gasteiger partial charge >= 0.3 is 0 Å². The Morgan fingerprint density at radius 1 is 1.21 bits per heavy atom. The first-order valence-electron chi connectivity index (χ1n) is 9.28. The maximum Gasteiger partial charge on any atom is 0.261 e. The van der Waals surface area contributed by atoms with Gasteiger partial charge in [-0.15, -0.1) is 0 Å². The Labute approximate surface area is 185 Å². The van der Waals surface area contributed by atoms with Crippen molar-refractivity contribution in [3.8, 4) is 11.5 Å². The Bertz CT molecular complexity index is 871. The fourth-order valence-electron chi connectivity index (χ4n) is 2.38. The minimum atomic E-state index is -0.354. The lowest BCUT2D eigenvalue weighted by molar-refractivity contribution is 0.0973. The highest BCUT2D eigenvalue weighted by molar-refractivity contribution is 9.10. The summed E-state index contributed by atoms with van der Waals surface area (Å²) >= 11 is 8.71. The summed E-state index contributed by atoms with van der Waals surface area (Å²) in [5, 5.41) is 5.86. The van der Waals surface area contributed by atoms with E-state index in [4.69, 9.17) is 21.7 Å². The standard InChI is InChI=1S/C22H25BrN2O3S/c1-4-12-27-20-8-6-5-7-18(20)24-22(29)25-21(26)17-14-16(23)9-10-19(17)28-13-11-15(2)3/h4-10,14-15H,1,11-13H2,2-3H3,(H2,24,25,26,29). The summed E-state index contributed by atoms with van der Waals surface area (Å²) in [7, 11) is 0. The summed E-state index contributed by atoms with van der Waals surface area (Å²) in [5.74, 6) is 1.30. The van der Waals surface area contributed by atoms with Gasteiger partial charge in [0.2, 0.25) is 0 Å². The van der Waals surface area contributed by atoms with Crippen LogP contribution in [0.4, 0.5) is 5.69 Å². The molecule has 0 fully saturated rings. The number of amides is 1. The van der Waals surface area contributed by atoms with E-state index < -0.39 is 0 Å². The quantitative estimate of drug-likeness (QED) is 0.366. The second kappa shape index (κ2) is 11.6. The zero-order valence-corrected chi connectivity index (χ0v) is 18.9. The lowest BCUT2D eigenvalue weighted by Gasteiger charge is -2.15. The molecule has 0 heterocycles. The van der Waals surface area contributed by atoms with Crippen LogP contribution in [0, 0.1) is 5.92 Å².